The quantitative estimate of drug-likeness (QED) is 0.820. The number of carbonyl (C=O) groups is 2. The molecule has 1 aliphatic rings. The molecule has 1 aliphatic heterocycles. The molecule has 6 nitrogen and oxygen atoms in total. The highest BCUT2D eigenvalue weighted by atomic mass is 16.5. The van der Waals surface area contributed by atoms with Gasteiger partial charge in [0.15, 0.2) is 0 Å². The van der Waals surface area contributed by atoms with Gasteiger partial charge in [0.2, 0.25) is 5.91 Å². The van der Waals surface area contributed by atoms with Gasteiger partial charge in [0.25, 0.3) is 0 Å². The van der Waals surface area contributed by atoms with Gasteiger partial charge in [0, 0.05) is 19.0 Å². The second kappa shape index (κ2) is 7.46. The van der Waals surface area contributed by atoms with E-state index in [1.807, 2.05) is 24.3 Å². The van der Waals surface area contributed by atoms with Gasteiger partial charge in [-0.2, -0.15) is 0 Å². The number of benzene rings is 1. The van der Waals surface area contributed by atoms with Crippen LogP contribution >= 0.6 is 0 Å². The highest BCUT2D eigenvalue weighted by Gasteiger charge is 2.40. The van der Waals surface area contributed by atoms with Crippen LogP contribution in [0.4, 0.5) is 0 Å². The Morgan fingerprint density at radius 3 is 2.57 bits per heavy atom. The zero-order valence-electron chi connectivity index (χ0n) is 13.6. The fourth-order valence-corrected chi connectivity index (χ4v) is 3.03. The van der Waals surface area contributed by atoms with Crippen molar-refractivity contribution in [3.63, 3.8) is 0 Å². The third kappa shape index (κ3) is 4.01. The topological polar surface area (TPSA) is 92.9 Å². The van der Waals surface area contributed by atoms with Gasteiger partial charge in [-0.15, -0.1) is 0 Å². The van der Waals surface area contributed by atoms with Crippen LogP contribution in [-0.4, -0.2) is 48.1 Å². The third-order valence-electron chi connectivity index (χ3n) is 4.41. The Labute approximate surface area is 136 Å². The van der Waals surface area contributed by atoms with Gasteiger partial charge in [-0.05, 0) is 36.5 Å². The van der Waals surface area contributed by atoms with Crippen LogP contribution in [0.2, 0.25) is 0 Å². The van der Waals surface area contributed by atoms with Crippen molar-refractivity contribution in [3.8, 4) is 5.75 Å². The zero-order chi connectivity index (χ0) is 17.0. The molecule has 3 atom stereocenters. The highest BCUT2D eigenvalue weighted by molar-refractivity contribution is 5.85. The van der Waals surface area contributed by atoms with Crippen LogP contribution in [-0.2, 0) is 16.0 Å². The maximum absolute atomic E-state index is 12.3. The maximum atomic E-state index is 12.3. The smallest absolute Gasteiger partial charge is 0.326 e. The minimum absolute atomic E-state index is 0.137. The van der Waals surface area contributed by atoms with Crippen molar-refractivity contribution in [2.45, 2.75) is 25.8 Å². The van der Waals surface area contributed by atoms with Crippen LogP contribution in [0.25, 0.3) is 0 Å². The van der Waals surface area contributed by atoms with Crippen molar-refractivity contribution < 1.29 is 19.4 Å². The number of amides is 1. The molecule has 6 heteroatoms. The molecule has 0 bridgehead atoms. The van der Waals surface area contributed by atoms with Gasteiger partial charge in [-0.1, -0.05) is 19.1 Å². The van der Waals surface area contributed by atoms with Crippen molar-refractivity contribution in [2.75, 3.05) is 20.2 Å². The Kier molecular flexibility index (Phi) is 5.60. The number of carboxylic acid groups (broad SMARTS) is 1. The largest absolute Gasteiger partial charge is 0.497 e. The number of nitrogens with two attached hydrogens (primary N) is 1. The van der Waals surface area contributed by atoms with Crippen LogP contribution in [0.15, 0.2) is 24.3 Å². The molecule has 1 fully saturated rings. The lowest BCUT2D eigenvalue weighted by Gasteiger charge is -2.24. The molecule has 0 radical (unpaired) electrons. The molecule has 1 aromatic carbocycles. The number of hydrogen-bond donors (Lipinski definition) is 2. The van der Waals surface area contributed by atoms with E-state index in [1.54, 1.807) is 14.0 Å². The summed E-state index contributed by atoms with van der Waals surface area (Å²) >= 11 is 0. The number of aliphatic carboxylic acids is 1. The Bertz CT molecular complexity index is 558. The van der Waals surface area contributed by atoms with E-state index in [0.29, 0.717) is 13.0 Å². The Hall–Kier alpha value is -2.08. The number of methoxy groups -OCH3 is 1. The summed E-state index contributed by atoms with van der Waals surface area (Å²) in [5.41, 5.74) is 6.65. The second-order valence-corrected chi connectivity index (χ2v) is 6.14. The zero-order valence-corrected chi connectivity index (χ0v) is 13.6. The molecule has 23 heavy (non-hydrogen) atoms. The van der Waals surface area contributed by atoms with Crippen molar-refractivity contribution in [1.29, 1.82) is 0 Å². The first-order valence-electron chi connectivity index (χ1n) is 7.82. The second-order valence-electron chi connectivity index (χ2n) is 6.14. The van der Waals surface area contributed by atoms with Gasteiger partial charge >= 0.3 is 5.97 Å². The molecule has 0 saturated carbocycles. The number of ether oxygens (including phenoxy) is 1. The van der Waals surface area contributed by atoms with E-state index in [0.717, 1.165) is 17.7 Å². The molecule has 0 aliphatic carbocycles. The fraction of sp³-hybridized carbons (Fsp3) is 0.529. The van der Waals surface area contributed by atoms with Crippen molar-refractivity contribution in [3.05, 3.63) is 29.8 Å². The van der Waals surface area contributed by atoms with E-state index < -0.39 is 12.0 Å². The number of hydrogen-bond acceptors (Lipinski definition) is 4. The van der Waals surface area contributed by atoms with Crippen molar-refractivity contribution in [2.24, 2.45) is 17.6 Å². The van der Waals surface area contributed by atoms with Crippen molar-refractivity contribution >= 4 is 11.9 Å². The first-order chi connectivity index (χ1) is 11.0. The maximum Gasteiger partial charge on any atom is 0.326 e. The lowest BCUT2D eigenvalue weighted by atomic mass is 9.97. The molecule has 3 N–H and O–H groups in total. The average Bonchev–Trinajstić information content (AvgIpc) is 2.98. The molecular weight excluding hydrogens is 296 g/mol. The summed E-state index contributed by atoms with van der Waals surface area (Å²) in [4.78, 5) is 25.3. The Morgan fingerprint density at radius 1 is 1.39 bits per heavy atom. The van der Waals surface area contributed by atoms with Crippen LogP contribution in [0.1, 0.15) is 18.9 Å². The molecule has 0 spiro atoms. The third-order valence-corrected chi connectivity index (χ3v) is 4.41. The highest BCUT2D eigenvalue weighted by Crippen LogP contribution is 2.28. The number of likely N-dealkylation sites (tertiary alicyclic amines) is 1. The standard InChI is InChI=1S/C17H24N2O4/c1-11(9-18)16(20)19-10-13(8-15(19)17(21)22)7-12-3-5-14(23-2)6-4-12/h3-6,11,13,15H,7-10,18H2,1-2H3,(H,21,22)/t11-,13-,15+/m1/s1. The van der Waals surface area contributed by atoms with E-state index in [2.05, 4.69) is 0 Å². The summed E-state index contributed by atoms with van der Waals surface area (Å²) in [5.74, 6) is -0.538. The molecule has 0 unspecified atom stereocenters. The summed E-state index contributed by atoms with van der Waals surface area (Å²) in [6, 6.07) is 6.97. The van der Waals surface area contributed by atoms with Crippen molar-refractivity contribution in [1.82, 2.24) is 4.90 Å². The number of nitrogens with zero attached hydrogens (tertiary/aromatic N) is 1. The molecule has 1 aromatic rings. The molecule has 1 amide bonds. The van der Waals surface area contributed by atoms with E-state index in [4.69, 9.17) is 10.5 Å². The summed E-state index contributed by atoms with van der Waals surface area (Å²) in [7, 11) is 1.62. The van der Waals surface area contributed by atoms with Crippen LogP contribution < -0.4 is 10.5 Å². The van der Waals surface area contributed by atoms with Crippen LogP contribution in [0.5, 0.6) is 5.75 Å². The first-order valence-corrected chi connectivity index (χ1v) is 7.82. The van der Waals surface area contributed by atoms with E-state index in [-0.39, 0.29) is 24.3 Å². The van der Waals surface area contributed by atoms with E-state index >= 15 is 0 Å². The minimum atomic E-state index is -0.945. The molecule has 0 aromatic heterocycles. The number of carbonyl (C=O) groups excluding carboxylic acids is 1. The molecular formula is C17H24N2O4. The predicted molar refractivity (Wildman–Crippen MR) is 86.2 cm³/mol. The SMILES string of the molecule is COc1ccc(C[C@@H]2C[C@@H](C(=O)O)N(C(=O)[C@H](C)CN)C2)cc1. The molecule has 2 rings (SSSR count). The predicted octanol–water partition coefficient (Wildman–Crippen LogP) is 1.13. The van der Waals surface area contributed by atoms with Crippen LogP contribution in [0.3, 0.4) is 0 Å². The van der Waals surface area contributed by atoms with Gasteiger partial charge in [0.05, 0.1) is 7.11 Å². The monoisotopic (exact) mass is 320 g/mol. The lowest BCUT2D eigenvalue weighted by molar-refractivity contribution is -0.149. The van der Waals surface area contributed by atoms with E-state index in [1.165, 1.54) is 4.90 Å². The fourth-order valence-electron chi connectivity index (χ4n) is 3.03. The average molecular weight is 320 g/mol. The summed E-state index contributed by atoms with van der Waals surface area (Å²) in [6.45, 7) is 2.43. The molecule has 126 valence electrons. The number of rotatable bonds is 6. The summed E-state index contributed by atoms with van der Waals surface area (Å²) < 4.78 is 5.13. The Morgan fingerprint density at radius 2 is 2.04 bits per heavy atom. The Balaban J connectivity index is 2.06. The summed E-state index contributed by atoms with van der Waals surface area (Å²) in [6.07, 6.45) is 1.22. The lowest BCUT2D eigenvalue weighted by Crippen LogP contribution is -2.44. The molecule has 1 saturated heterocycles. The molecule has 1 heterocycles. The number of carboxylic acids is 1. The summed E-state index contributed by atoms with van der Waals surface area (Å²) in [5, 5.41) is 9.40. The van der Waals surface area contributed by atoms with Gasteiger partial charge in [-0.25, -0.2) is 4.79 Å². The van der Waals surface area contributed by atoms with Gasteiger partial charge < -0.3 is 20.5 Å². The minimum Gasteiger partial charge on any atom is -0.497 e. The van der Waals surface area contributed by atoms with Crippen LogP contribution in [0, 0.1) is 11.8 Å². The van der Waals surface area contributed by atoms with Gasteiger partial charge in [-0.3, -0.25) is 4.79 Å². The normalized spacial score (nSPS) is 22.0. The van der Waals surface area contributed by atoms with E-state index in [9.17, 15) is 14.7 Å². The first kappa shape index (κ1) is 17.3. The van der Waals surface area contributed by atoms with Gasteiger partial charge in [0.1, 0.15) is 11.8 Å².